The molecule has 0 saturated carbocycles. The Balaban J connectivity index is 2.32. The maximum atomic E-state index is 11.8. The number of hydrogen-bond donors (Lipinski definition) is 0. The number of carbonyl (C=O) groups excluding carboxylic acids is 2. The Hall–Kier alpha value is -2.62. The quantitative estimate of drug-likeness (QED) is 0.625. The number of methoxy groups -OCH3 is 1. The molecule has 0 N–H and O–H groups in total. The molecule has 0 bridgehead atoms. The number of ketones is 1. The Morgan fingerprint density at radius 3 is 2.32 bits per heavy atom. The summed E-state index contributed by atoms with van der Waals surface area (Å²) in [5.74, 6) is -0.165. The van der Waals surface area contributed by atoms with Gasteiger partial charge >= 0.3 is 5.97 Å². The molecular weight excluding hydrogens is 280 g/mol. The number of ether oxygens (including phenoxy) is 2. The number of hydrogen-bond acceptors (Lipinski definition) is 4. The molecule has 2 aromatic rings. The highest BCUT2D eigenvalue weighted by Gasteiger charge is 2.18. The highest BCUT2D eigenvalue weighted by molar-refractivity contribution is 6.05. The molecule has 0 amide bonds. The molecule has 0 saturated heterocycles. The van der Waals surface area contributed by atoms with Crippen LogP contribution in [0.25, 0.3) is 0 Å². The molecule has 0 aliphatic heterocycles. The summed E-state index contributed by atoms with van der Waals surface area (Å²) in [4.78, 5) is 23.5. The van der Waals surface area contributed by atoms with Crippen LogP contribution in [0.4, 0.5) is 0 Å². The minimum atomic E-state index is -0.547. The van der Waals surface area contributed by atoms with Gasteiger partial charge in [0, 0.05) is 5.56 Å². The second kappa shape index (κ2) is 6.89. The molecule has 0 radical (unpaired) electrons. The van der Waals surface area contributed by atoms with Gasteiger partial charge in [-0.1, -0.05) is 30.3 Å². The minimum Gasteiger partial charge on any atom is -0.489 e. The van der Waals surface area contributed by atoms with Crippen LogP contribution in [0.1, 0.15) is 38.8 Å². The third kappa shape index (κ3) is 3.52. The van der Waals surface area contributed by atoms with Crippen LogP contribution in [0, 0.1) is 6.92 Å². The highest BCUT2D eigenvalue weighted by Crippen LogP contribution is 2.25. The molecule has 0 atom stereocenters. The van der Waals surface area contributed by atoms with Gasteiger partial charge in [0.25, 0.3) is 0 Å². The van der Waals surface area contributed by atoms with E-state index < -0.39 is 5.97 Å². The topological polar surface area (TPSA) is 52.6 Å². The third-order valence-electron chi connectivity index (χ3n) is 3.34. The zero-order valence-corrected chi connectivity index (χ0v) is 12.9. The van der Waals surface area contributed by atoms with Crippen molar-refractivity contribution < 1.29 is 19.1 Å². The summed E-state index contributed by atoms with van der Waals surface area (Å²) in [6, 6.07) is 13.0. The van der Waals surface area contributed by atoms with Gasteiger partial charge in [0.2, 0.25) is 0 Å². The molecule has 4 nitrogen and oxygen atoms in total. The predicted octanol–water partition coefficient (Wildman–Crippen LogP) is 3.56. The normalized spacial score (nSPS) is 10.1. The van der Waals surface area contributed by atoms with Gasteiger partial charge in [-0.05, 0) is 37.1 Å². The molecule has 0 heterocycles. The van der Waals surface area contributed by atoms with Crippen LogP contribution in [0.3, 0.4) is 0 Å². The number of Topliss-reactive ketones (excluding diaryl/α,β-unsaturated/α-hetero) is 1. The standard InChI is InChI=1S/C18H18O4/c1-12-9-15(13(2)19)16(18(20)21-3)10-17(12)22-11-14-7-5-4-6-8-14/h4-10H,11H2,1-3H3. The van der Waals surface area contributed by atoms with Gasteiger partial charge < -0.3 is 9.47 Å². The maximum Gasteiger partial charge on any atom is 0.338 e. The van der Waals surface area contributed by atoms with Crippen LogP contribution < -0.4 is 4.74 Å². The highest BCUT2D eigenvalue weighted by atomic mass is 16.5. The Morgan fingerprint density at radius 2 is 1.73 bits per heavy atom. The van der Waals surface area contributed by atoms with Crippen LogP contribution in [-0.2, 0) is 11.3 Å². The fraction of sp³-hybridized carbons (Fsp3) is 0.222. The predicted molar refractivity (Wildman–Crippen MR) is 83.3 cm³/mol. The first-order chi connectivity index (χ1) is 10.5. The first-order valence-corrected chi connectivity index (χ1v) is 6.93. The van der Waals surface area contributed by atoms with Gasteiger partial charge in [-0.2, -0.15) is 0 Å². The molecule has 0 spiro atoms. The van der Waals surface area contributed by atoms with E-state index in [1.807, 2.05) is 37.3 Å². The summed E-state index contributed by atoms with van der Waals surface area (Å²) in [7, 11) is 1.29. The van der Waals surface area contributed by atoms with Crippen molar-refractivity contribution in [1.82, 2.24) is 0 Å². The van der Waals surface area contributed by atoms with Crippen molar-refractivity contribution >= 4 is 11.8 Å². The maximum absolute atomic E-state index is 11.8. The number of rotatable bonds is 5. The van der Waals surface area contributed by atoms with Crippen molar-refractivity contribution in [1.29, 1.82) is 0 Å². The average molecular weight is 298 g/mol. The van der Waals surface area contributed by atoms with E-state index >= 15 is 0 Å². The van der Waals surface area contributed by atoms with E-state index in [0.29, 0.717) is 17.9 Å². The fourth-order valence-corrected chi connectivity index (χ4v) is 2.15. The number of esters is 1. The number of benzene rings is 2. The van der Waals surface area contributed by atoms with Crippen molar-refractivity contribution in [3.05, 3.63) is 64.7 Å². The molecule has 114 valence electrons. The Bertz CT molecular complexity index is 690. The van der Waals surface area contributed by atoms with Crippen LogP contribution in [-0.4, -0.2) is 18.9 Å². The van der Waals surface area contributed by atoms with E-state index in [1.54, 1.807) is 12.1 Å². The molecule has 2 aromatic carbocycles. The van der Waals surface area contributed by atoms with E-state index in [1.165, 1.54) is 14.0 Å². The van der Waals surface area contributed by atoms with Crippen LogP contribution >= 0.6 is 0 Å². The lowest BCUT2D eigenvalue weighted by atomic mass is 10.0. The van der Waals surface area contributed by atoms with Crippen LogP contribution in [0.15, 0.2) is 42.5 Å². The van der Waals surface area contributed by atoms with E-state index in [2.05, 4.69) is 0 Å². The molecule has 0 fully saturated rings. The monoisotopic (exact) mass is 298 g/mol. The lowest BCUT2D eigenvalue weighted by molar-refractivity contribution is 0.0596. The van der Waals surface area contributed by atoms with Gasteiger partial charge in [-0.25, -0.2) is 4.79 Å². The lowest BCUT2D eigenvalue weighted by Crippen LogP contribution is -2.10. The first kappa shape index (κ1) is 15.8. The Kier molecular flexibility index (Phi) is 4.94. The first-order valence-electron chi connectivity index (χ1n) is 6.93. The van der Waals surface area contributed by atoms with Gasteiger partial charge in [-0.15, -0.1) is 0 Å². The Morgan fingerprint density at radius 1 is 1.05 bits per heavy atom. The molecular formula is C18H18O4. The van der Waals surface area contributed by atoms with E-state index in [0.717, 1.165) is 11.1 Å². The molecule has 22 heavy (non-hydrogen) atoms. The van der Waals surface area contributed by atoms with Gasteiger partial charge in [-0.3, -0.25) is 4.79 Å². The smallest absolute Gasteiger partial charge is 0.338 e. The minimum absolute atomic E-state index is 0.182. The second-order valence-corrected chi connectivity index (χ2v) is 4.99. The zero-order valence-electron chi connectivity index (χ0n) is 12.9. The largest absolute Gasteiger partial charge is 0.489 e. The third-order valence-corrected chi connectivity index (χ3v) is 3.34. The fourth-order valence-electron chi connectivity index (χ4n) is 2.15. The average Bonchev–Trinajstić information content (AvgIpc) is 2.53. The molecule has 0 aliphatic rings. The molecule has 0 aromatic heterocycles. The summed E-state index contributed by atoms with van der Waals surface area (Å²) >= 11 is 0. The Labute approximate surface area is 129 Å². The van der Waals surface area contributed by atoms with Crippen molar-refractivity contribution in [3.8, 4) is 5.75 Å². The zero-order chi connectivity index (χ0) is 16.1. The van der Waals surface area contributed by atoms with Crippen LogP contribution in [0.5, 0.6) is 5.75 Å². The van der Waals surface area contributed by atoms with E-state index in [9.17, 15) is 9.59 Å². The van der Waals surface area contributed by atoms with Crippen LogP contribution in [0.2, 0.25) is 0 Å². The van der Waals surface area contributed by atoms with Crippen molar-refractivity contribution in [2.45, 2.75) is 20.5 Å². The van der Waals surface area contributed by atoms with E-state index in [4.69, 9.17) is 9.47 Å². The second-order valence-electron chi connectivity index (χ2n) is 4.99. The summed E-state index contributed by atoms with van der Waals surface area (Å²) in [6.45, 7) is 3.65. The number of aryl methyl sites for hydroxylation is 1. The number of carbonyl (C=O) groups is 2. The van der Waals surface area contributed by atoms with Gasteiger partial charge in [0.05, 0.1) is 12.7 Å². The molecule has 0 unspecified atom stereocenters. The molecule has 2 rings (SSSR count). The molecule has 0 aliphatic carbocycles. The van der Waals surface area contributed by atoms with Crippen molar-refractivity contribution in [3.63, 3.8) is 0 Å². The molecule has 4 heteroatoms. The van der Waals surface area contributed by atoms with Crippen molar-refractivity contribution in [2.24, 2.45) is 0 Å². The summed E-state index contributed by atoms with van der Waals surface area (Å²) < 4.78 is 10.5. The van der Waals surface area contributed by atoms with E-state index in [-0.39, 0.29) is 11.3 Å². The van der Waals surface area contributed by atoms with Gasteiger partial charge in [0.1, 0.15) is 12.4 Å². The van der Waals surface area contributed by atoms with Crippen molar-refractivity contribution in [2.75, 3.05) is 7.11 Å². The summed E-state index contributed by atoms with van der Waals surface area (Å²) in [5.41, 5.74) is 2.39. The summed E-state index contributed by atoms with van der Waals surface area (Å²) in [6.07, 6.45) is 0. The van der Waals surface area contributed by atoms with Gasteiger partial charge in [0.15, 0.2) is 5.78 Å². The summed E-state index contributed by atoms with van der Waals surface area (Å²) in [5, 5.41) is 0. The lowest BCUT2D eigenvalue weighted by Gasteiger charge is -2.13. The SMILES string of the molecule is COC(=O)c1cc(OCc2ccccc2)c(C)cc1C(C)=O.